The average molecular weight is 289 g/mol. The van der Waals surface area contributed by atoms with E-state index in [2.05, 4.69) is 0 Å². The van der Waals surface area contributed by atoms with Gasteiger partial charge in [-0.1, -0.05) is 19.1 Å². The molecule has 2 aromatic rings. The van der Waals surface area contributed by atoms with Gasteiger partial charge in [0.05, 0.1) is 7.11 Å². The highest BCUT2D eigenvalue weighted by molar-refractivity contribution is 5.31. The number of rotatable bonds is 6. The highest BCUT2D eigenvalue weighted by Gasteiger charge is 2.06. The lowest BCUT2D eigenvalue weighted by Gasteiger charge is -2.11. The van der Waals surface area contributed by atoms with Crippen LogP contribution in [-0.4, -0.2) is 7.11 Å². The molecule has 0 amide bonds. The largest absolute Gasteiger partial charge is 0.497 e. The minimum absolute atomic E-state index is 0.0399. The summed E-state index contributed by atoms with van der Waals surface area (Å²) in [7, 11) is 1.51. The molecule has 2 aromatic carbocycles. The van der Waals surface area contributed by atoms with Gasteiger partial charge in [0.1, 0.15) is 23.9 Å². The molecule has 0 aliphatic carbocycles. The summed E-state index contributed by atoms with van der Waals surface area (Å²) in [5.74, 6) is 0.852. The van der Waals surface area contributed by atoms with Crippen molar-refractivity contribution in [2.24, 2.45) is 5.73 Å². The van der Waals surface area contributed by atoms with Gasteiger partial charge >= 0.3 is 0 Å². The zero-order chi connectivity index (χ0) is 15.2. The van der Waals surface area contributed by atoms with Gasteiger partial charge in [-0.2, -0.15) is 0 Å². The summed E-state index contributed by atoms with van der Waals surface area (Å²) in [6.45, 7) is 2.22. The summed E-state index contributed by atoms with van der Waals surface area (Å²) in [6, 6.07) is 12.3. The number of hydrogen-bond acceptors (Lipinski definition) is 3. The summed E-state index contributed by atoms with van der Waals surface area (Å²) in [4.78, 5) is 0. The fraction of sp³-hybridized carbons (Fsp3) is 0.294. The summed E-state index contributed by atoms with van der Waals surface area (Å²) in [5, 5.41) is 0. The van der Waals surface area contributed by atoms with E-state index in [9.17, 15) is 4.39 Å². The lowest BCUT2D eigenvalue weighted by molar-refractivity contribution is 0.299. The van der Waals surface area contributed by atoms with Crippen molar-refractivity contribution in [1.29, 1.82) is 0 Å². The molecule has 0 heterocycles. The smallest absolute Gasteiger partial charge is 0.133 e. The van der Waals surface area contributed by atoms with Crippen LogP contribution in [0, 0.1) is 5.82 Å². The van der Waals surface area contributed by atoms with Crippen molar-refractivity contribution < 1.29 is 13.9 Å². The van der Waals surface area contributed by atoms with Crippen LogP contribution in [-0.2, 0) is 6.61 Å². The van der Waals surface area contributed by atoms with E-state index >= 15 is 0 Å². The molecule has 0 saturated heterocycles. The molecule has 2 rings (SSSR count). The molecule has 0 spiro atoms. The quantitative estimate of drug-likeness (QED) is 0.879. The van der Waals surface area contributed by atoms with Crippen LogP contribution in [0.4, 0.5) is 4.39 Å². The predicted octanol–water partition coefficient (Wildman–Crippen LogP) is 3.82. The van der Waals surface area contributed by atoms with Gasteiger partial charge in [-0.15, -0.1) is 0 Å². The normalized spacial score (nSPS) is 12.0. The fourth-order valence-corrected chi connectivity index (χ4v) is 1.98. The van der Waals surface area contributed by atoms with E-state index < -0.39 is 0 Å². The number of halogens is 1. The highest BCUT2D eigenvalue weighted by atomic mass is 19.1. The molecular formula is C17H20FNO2. The second kappa shape index (κ2) is 7.09. The molecule has 0 aliphatic heterocycles. The van der Waals surface area contributed by atoms with Gasteiger partial charge in [0, 0.05) is 17.7 Å². The van der Waals surface area contributed by atoms with E-state index in [1.165, 1.54) is 13.2 Å². The molecule has 0 aliphatic rings. The van der Waals surface area contributed by atoms with Crippen LogP contribution in [0.25, 0.3) is 0 Å². The Balaban J connectivity index is 1.99. The third kappa shape index (κ3) is 3.95. The summed E-state index contributed by atoms with van der Waals surface area (Å²) < 4.78 is 24.3. The van der Waals surface area contributed by atoms with Crippen LogP contribution in [0.5, 0.6) is 11.5 Å². The standard InChI is InChI=1S/C17H20FNO2/c1-3-17(19)12-4-7-14(8-5-12)21-11-13-6-9-15(20-2)10-16(13)18/h4-10,17H,3,11,19H2,1-2H3/t17-/m1/s1. The van der Waals surface area contributed by atoms with Gasteiger partial charge in [-0.05, 0) is 36.2 Å². The molecule has 1 atom stereocenters. The maximum Gasteiger partial charge on any atom is 0.133 e. The van der Waals surface area contributed by atoms with E-state index in [4.69, 9.17) is 15.2 Å². The van der Waals surface area contributed by atoms with Crippen LogP contribution in [0.1, 0.15) is 30.5 Å². The molecule has 21 heavy (non-hydrogen) atoms. The molecule has 0 aromatic heterocycles. The molecule has 2 N–H and O–H groups in total. The van der Waals surface area contributed by atoms with Gasteiger partial charge in [0.2, 0.25) is 0 Å². The van der Waals surface area contributed by atoms with E-state index in [1.54, 1.807) is 12.1 Å². The molecule has 0 saturated carbocycles. The molecule has 0 radical (unpaired) electrons. The summed E-state index contributed by atoms with van der Waals surface area (Å²) in [6.07, 6.45) is 0.886. The predicted molar refractivity (Wildman–Crippen MR) is 80.9 cm³/mol. The molecule has 0 fully saturated rings. The van der Waals surface area contributed by atoms with Crippen LogP contribution in [0.2, 0.25) is 0 Å². The molecule has 4 heteroatoms. The highest BCUT2D eigenvalue weighted by Crippen LogP contribution is 2.21. The first-order chi connectivity index (χ1) is 10.1. The first kappa shape index (κ1) is 15.3. The van der Waals surface area contributed by atoms with Crippen molar-refractivity contribution in [3.05, 3.63) is 59.4 Å². The molecule has 0 unspecified atom stereocenters. The lowest BCUT2D eigenvalue weighted by atomic mass is 10.1. The third-order valence-electron chi connectivity index (χ3n) is 3.40. The van der Waals surface area contributed by atoms with Crippen molar-refractivity contribution in [1.82, 2.24) is 0 Å². The molecule has 0 bridgehead atoms. The number of nitrogens with two attached hydrogens (primary N) is 1. The average Bonchev–Trinajstić information content (AvgIpc) is 2.53. The van der Waals surface area contributed by atoms with E-state index in [-0.39, 0.29) is 18.5 Å². The number of hydrogen-bond donors (Lipinski definition) is 1. The second-order valence-electron chi connectivity index (χ2n) is 4.83. The van der Waals surface area contributed by atoms with Gasteiger partial charge in [0.15, 0.2) is 0 Å². The third-order valence-corrected chi connectivity index (χ3v) is 3.40. The van der Waals surface area contributed by atoms with E-state index in [1.807, 2.05) is 31.2 Å². The van der Waals surface area contributed by atoms with Gasteiger partial charge < -0.3 is 15.2 Å². The maximum atomic E-state index is 13.8. The first-order valence-corrected chi connectivity index (χ1v) is 6.94. The van der Waals surface area contributed by atoms with E-state index in [0.29, 0.717) is 17.1 Å². The Morgan fingerprint density at radius 3 is 2.33 bits per heavy atom. The molecule has 112 valence electrons. The van der Waals surface area contributed by atoms with Crippen LogP contribution < -0.4 is 15.2 Å². The Hall–Kier alpha value is -2.07. The molecular weight excluding hydrogens is 269 g/mol. The lowest BCUT2D eigenvalue weighted by Crippen LogP contribution is -2.08. The Bertz CT molecular complexity index is 584. The van der Waals surface area contributed by atoms with Crippen molar-refractivity contribution >= 4 is 0 Å². The van der Waals surface area contributed by atoms with Gasteiger partial charge in [-0.3, -0.25) is 0 Å². The number of methoxy groups -OCH3 is 1. The van der Waals surface area contributed by atoms with Crippen molar-refractivity contribution in [2.45, 2.75) is 26.0 Å². The molecule has 3 nitrogen and oxygen atoms in total. The van der Waals surface area contributed by atoms with Gasteiger partial charge in [0.25, 0.3) is 0 Å². The van der Waals surface area contributed by atoms with Gasteiger partial charge in [-0.25, -0.2) is 4.39 Å². The van der Waals surface area contributed by atoms with E-state index in [0.717, 1.165) is 12.0 Å². The Labute approximate surface area is 124 Å². The van der Waals surface area contributed by atoms with Crippen molar-refractivity contribution in [3.8, 4) is 11.5 Å². The van der Waals surface area contributed by atoms with Crippen molar-refractivity contribution in [3.63, 3.8) is 0 Å². The van der Waals surface area contributed by atoms with Crippen LogP contribution in [0.3, 0.4) is 0 Å². The number of ether oxygens (including phenoxy) is 2. The zero-order valence-electron chi connectivity index (χ0n) is 12.3. The zero-order valence-corrected chi connectivity index (χ0v) is 12.3. The summed E-state index contributed by atoms with van der Waals surface area (Å²) in [5.41, 5.74) is 7.52. The SMILES string of the molecule is CC[C@@H](N)c1ccc(OCc2ccc(OC)cc2F)cc1. The summed E-state index contributed by atoms with van der Waals surface area (Å²) >= 11 is 0. The Morgan fingerprint density at radius 2 is 1.76 bits per heavy atom. The minimum atomic E-state index is -0.334. The minimum Gasteiger partial charge on any atom is -0.497 e. The monoisotopic (exact) mass is 289 g/mol. The number of benzene rings is 2. The Morgan fingerprint density at radius 1 is 1.10 bits per heavy atom. The first-order valence-electron chi connectivity index (χ1n) is 6.94. The topological polar surface area (TPSA) is 44.5 Å². The second-order valence-corrected chi connectivity index (χ2v) is 4.83. The Kier molecular flexibility index (Phi) is 5.17. The van der Waals surface area contributed by atoms with Crippen LogP contribution in [0.15, 0.2) is 42.5 Å². The van der Waals surface area contributed by atoms with Crippen LogP contribution >= 0.6 is 0 Å². The fourth-order valence-electron chi connectivity index (χ4n) is 1.98. The van der Waals surface area contributed by atoms with Crippen molar-refractivity contribution in [2.75, 3.05) is 7.11 Å². The maximum absolute atomic E-state index is 13.8.